The Hall–Kier alpha value is -3.27. The number of fused-ring (bicyclic) bond motifs is 1. The lowest BCUT2D eigenvalue weighted by Crippen LogP contribution is -2.40. The molecule has 0 spiro atoms. The molecule has 0 radical (unpaired) electrons. The zero-order valence-corrected chi connectivity index (χ0v) is 16.6. The molecule has 0 saturated carbocycles. The third-order valence-corrected chi connectivity index (χ3v) is 4.83. The van der Waals surface area contributed by atoms with Gasteiger partial charge in [0, 0.05) is 12.2 Å². The molecule has 1 aromatic heterocycles. The minimum absolute atomic E-state index is 0.0141. The molecule has 1 amide bonds. The smallest absolute Gasteiger partial charge is 0.266 e. The van der Waals surface area contributed by atoms with Crippen LogP contribution in [0.15, 0.2) is 35.6 Å². The summed E-state index contributed by atoms with van der Waals surface area (Å²) in [5, 5.41) is 11.9. The number of carbonyl (C=O) groups is 1. The maximum Gasteiger partial charge on any atom is 0.266 e. The number of carbonyl (C=O) groups excluding carboxylic acids is 1. The van der Waals surface area contributed by atoms with Crippen LogP contribution < -0.4 is 10.2 Å². The van der Waals surface area contributed by atoms with Crippen LogP contribution in [-0.2, 0) is 11.2 Å². The molecule has 0 saturated heterocycles. The molecule has 2 aromatic rings. The molecule has 7 nitrogen and oxygen atoms in total. The van der Waals surface area contributed by atoms with Gasteiger partial charge in [-0.3, -0.25) is 4.79 Å². The maximum absolute atomic E-state index is 12.5. The first-order valence-electron chi connectivity index (χ1n) is 9.35. The quantitative estimate of drug-likeness (QED) is 0.809. The van der Waals surface area contributed by atoms with Crippen molar-refractivity contribution in [3.05, 3.63) is 41.9 Å². The van der Waals surface area contributed by atoms with E-state index in [-0.39, 0.29) is 17.5 Å². The molecule has 1 aliphatic heterocycles. The molecule has 1 aliphatic rings. The molecule has 7 heteroatoms. The third-order valence-electron chi connectivity index (χ3n) is 4.83. The Labute approximate surface area is 165 Å². The fourth-order valence-electron chi connectivity index (χ4n) is 3.15. The number of aryl methyl sites for hydroxylation is 1. The molecule has 2 heterocycles. The van der Waals surface area contributed by atoms with E-state index in [0.29, 0.717) is 17.2 Å². The normalized spacial score (nSPS) is 14.6. The van der Waals surface area contributed by atoms with Crippen LogP contribution in [-0.4, -0.2) is 34.2 Å². The molecular weight excluding hydrogens is 352 g/mol. The largest absolute Gasteiger partial charge is 0.335 e. The topological polar surface area (TPSA) is 94.3 Å². The molecule has 3 rings (SSSR count). The van der Waals surface area contributed by atoms with E-state index < -0.39 is 6.04 Å². The van der Waals surface area contributed by atoms with Crippen LogP contribution in [0.25, 0.3) is 0 Å². The van der Waals surface area contributed by atoms with E-state index in [1.807, 2.05) is 32.9 Å². The second-order valence-electron chi connectivity index (χ2n) is 7.18. The zero-order valence-electron chi connectivity index (χ0n) is 16.6. The van der Waals surface area contributed by atoms with Crippen molar-refractivity contribution < 1.29 is 4.79 Å². The average molecular weight is 376 g/mol. The van der Waals surface area contributed by atoms with Crippen molar-refractivity contribution in [3.63, 3.8) is 0 Å². The summed E-state index contributed by atoms with van der Waals surface area (Å²) >= 11 is 0. The molecule has 28 heavy (non-hydrogen) atoms. The van der Waals surface area contributed by atoms with E-state index in [1.165, 1.54) is 11.9 Å². The number of aliphatic imine (C=N–C) groups is 1. The van der Waals surface area contributed by atoms with Crippen molar-refractivity contribution in [2.24, 2.45) is 10.9 Å². The van der Waals surface area contributed by atoms with Gasteiger partial charge in [0.05, 0.1) is 11.8 Å². The van der Waals surface area contributed by atoms with Gasteiger partial charge < -0.3 is 10.2 Å². The van der Waals surface area contributed by atoms with Crippen molar-refractivity contribution >= 4 is 28.8 Å². The Balaban J connectivity index is 1.94. The second-order valence-corrected chi connectivity index (χ2v) is 7.18. The number of hydrogen-bond acceptors (Lipinski definition) is 6. The van der Waals surface area contributed by atoms with Crippen molar-refractivity contribution in [2.75, 3.05) is 11.4 Å². The molecule has 1 aromatic carbocycles. The van der Waals surface area contributed by atoms with Crippen LogP contribution >= 0.6 is 0 Å². The van der Waals surface area contributed by atoms with Gasteiger partial charge in [-0.15, -0.1) is 0 Å². The summed E-state index contributed by atoms with van der Waals surface area (Å²) in [6.45, 7) is 8.06. The predicted octanol–water partition coefficient (Wildman–Crippen LogP) is 3.24. The Morgan fingerprint density at radius 3 is 2.79 bits per heavy atom. The Kier molecular flexibility index (Phi) is 5.69. The molecular formula is C21H24N6O. The molecule has 0 fully saturated rings. The molecule has 0 aliphatic carbocycles. The van der Waals surface area contributed by atoms with Gasteiger partial charge in [0.15, 0.2) is 5.82 Å². The van der Waals surface area contributed by atoms with Gasteiger partial charge in [-0.1, -0.05) is 32.0 Å². The van der Waals surface area contributed by atoms with E-state index in [4.69, 9.17) is 0 Å². The Morgan fingerprint density at radius 2 is 2.07 bits per heavy atom. The third kappa shape index (κ3) is 3.86. The highest BCUT2D eigenvalue weighted by Crippen LogP contribution is 2.38. The lowest BCUT2D eigenvalue weighted by molar-refractivity contribution is -0.115. The Morgan fingerprint density at radius 1 is 1.32 bits per heavy atom. The number of para-hydroxylation sites is 1. The summed E-state index contributed by atoms with van der Waals surface area (Å²) < 4.78 is 0. The number of benzene rings is 1. The summed E-state index contributed by atoms with van der Waals surface area (Å²) in [5.41, 5.74) is 3.90. The van der Waals surface area contributed by atoms with Crippen LogP contribution in [0.1, 0.15) is 32.0 Å². The van der Waals surface area contributed by atoms with Crippen molar-refractivity contribution in [1.82, 2.24) is 15.3 Å². The van der Waals surface area contributed by atoms with Crippen molar-refractivity contribution in [1.29, 1.82) is 5.26 Å². The number of nitrogens with one attached hydrogen (secondary N) is 1. The van der Waals surface area contributed by atoms with Crippen molar-refractivity contribution in [3.8, 4) is 6.07 Å². The van der Waals surface area contributed by atoms with Gasteiger partial charge in [0.25, 0.3) is 5.91 Å². The highest BCUT2D eigenvalue weighted by molar-refractivity contribution is 6.38. The van der Waals surface area contributed by atoms with Crippen LogP contribution in [0.5, 0.6) is 0 Å². The summed E-state index contributed by atoms with van der Waals surface area (Å²) in [4.78, 5) is 27.9. The van der Waals surface area contributed by atoms with Gasteiger partial charge in [-0.05, 0) is 37.8 Å². The molecule has 144 valence electrons. The van der Waals surface area contributed by atoms with Crippen LogP contribution in [0.3, 0.4) is 0 Å². The fraction of sp³-hybridized carbons (Fsp3) is 0.381. The number of nitrogens with zero attached hydrogens (tertiary/aromatic N) is 5. The maximum atomic E-state index is 12.5. The minimum atomic E-state index is -0.560. The number of hydrogen-bond donors (Lipinski definition) is 1. The lowest BCUT2D eigenvalue weighted by atomic mass is 10.1. The van der Waals surface area contributed by atoms with Gasteiger partial charge >= 0.3 is 0 Å². The standard InChI is InChI=1S/C21H24N6O/c1-13(2)17(11-22)26-21(28)15(4)25-19-14(3)23-12-24-20(19)27-10-9-16-7-5-6-8-18(16)27/h5-8,12-13,17H,9-10H2,1-4H3,(H,26,28)/t17-/m1/s1. The molecule has 1 N–H and O–H groups in total. The number of anilines is 2. The van der Waals surface area contributed by atoms with Gasteiger partial charge in [0.2, 0.25) is 0 Å². The fourth-order valence-corrected chi connectivity index (χ4v) is 3.15. The first kappa shape index (κ1) is 19.5. The van der Waals surface area contributed by atoms with E-state index in [9.17, 15) is 10.1 Å². The lowest BCUT2D eigenvalue weighted by Gasteiger charge is -2.21. The molecule has 0 unspecified atom stereocenters. The Bertz CT molecular complexity index is 960. The first-order valence-corrected chi connectivity index (χ1v) is 9.35. The van der Waals surface area contributed by atoms with E-state index in [2.05, 4.69) is 43.4 Å². The monoisotopic (exact) mass is 376 g/mol. The highest BCUT2D eigenvalue weighted by atomic mass is 16.1. The number of amides is 1. The minimum Gasteiger partial charge on any atom is -0.335 e. The van der Waals surface area contributed by atoms with Gasteiger partial charge in [-0.25, -0.2) is 15.0 Å². The van der Waals surface area contributed by atoms with Crippen molar-refractivity contribution in [2.45, 2.75) is 40.2 Å². The number of rotatable bonds is 5. The molecule has 1 atom stereocenters. The first-order chi connectivity index (χ1) is 13.4. The van der Waals surface area contributed by atoms with Gasteiger partial charge in [0.1, 0.15) is 23.8 Å². The van der Waals surface area contributed by atoms with Crippen LogP contribution in [0.4, 0.5) is 17.2 Å². The highest BCUT2D eigenvalue weighted by Gasteiger charge is 2.25. The predicted molar refractivity (Wildman–Crippen MR) is 109 cm³/mol. The van der Waals surface area contributed by atoms with Crippen LogP contribution in [0.2, 0.25) is 0 Å². The summed E-state index contributed by atoms with van der Waals surface area (Å²) in [6.07, 6.45) is 2.45. The van der Waals surface area contributed by atoms with Crippen LogP contribution in [0, 0.1) is 24.2 Å². The van der Waals surface area contributed by atoms with E-state index >= 15 is 0 Å². The van der Waals surface area contributed by atoms with E-state index in [0.717, 1.165) is 18.7 Å². The SMILES string of the molecule is CC(=Nc1c(C)ncnc1N1CCc2ccccc21)C(=O)N[C@H](C#N)C(C)C. The number of nitriles is 1. The van der Waals surface area contributed by atoms with Gasteiger partial charge in [-0.2, -0.15) is 5.26 Å². The summed E-state index contributed by atoms with van der Waals surface area (Å²) in [6, 6.07) is 9.75. The number of aromatic nitrogens is 2. The summed E-state index contributed by atoms with van der Waals surface area (Å²) in [5.74, 6) is 0.335. The molecule has 0 bridgehead atoms. The summed E-state index contributed by atoms with van der Waals surface area (Å²) in [7, 11) is 0. The average Bonchev–Trinajstić information content (AvgIpc) is 3.11. The second kappa shape index (κ2) is 8.17. The zero-order chi connectivity index (χ0) is 20.3. The van der Waals surface area contributed by atoms with E-state index in [1.54, 1.807) is 6.92 Å².